The van der Waals surface area contributed by atoms with Gasteiger partial charge in [-0.15, -0.1) is 0 Å². The van der Waals surface area contributed by atoms with Gasteiger partial charge in [0.05, 0.1) is 16.7 Å². The Bertz CT molecular complexity index is 518. The van der Waals surface area contributed by atoms with Gasteiger partial charge in [-0.1, -0.05) is 37.6 Å². The fourth-order valence-corrected chi connectivity index (χ4v) is 2.14. The minimum absolute atomic E-state index is 0.0713. The zero-order valence-electron chi connectivity index (χ0n) is 13.1. The van der Waals surface area contributed by atoms with Crippen LogP contribution in [-0.4, -0.2) is 35.6 Å². The molecule has 0 saturated heterocycles. The highest BCUT2D eigenvalue weighted by Crippen LogP contribution is 2.15. The summed E-state index contributed by atoms with van der Waals surface area (Å²) in [5.74, 6) is -0.719. The number of aliphatic hydroxyl groups excluding tert-OH is 1. The summed E-state index contributed by atoms with van der Waals surface area (Å²) in [6.45, 7) is 5.73. The molecule has 0 spiro atoms. The van der Waals surface area contributed by atoms with Gasteiger partial charge in [-0.25, -0.2) is 0 Å². The van der Waals surface area contributed by atoms with Crippen LogP contribution in [0.3, 0.4) is 0 Å². The molecular weight excluding hydrogens is 304 g/mol. The Balaban J connectivity index is 2.70. The Morgan fingerprint density at radius 1 is 1.23 bits per heavy atom. The highest BCUT2D eigenvalue weighted by Gasteiger charge is 2.25. The zero-order chi connectivity index (χ0) is 16.7. The number of carbonyl (C=O) groups excluding carboxylic acids is 2. The van der Waals surface area contributed by atoms with Crippen LogP contribution in [0, 0.1) is 5.92 Å². The first-order valence-corrected chi connectivity index (χ1v) is 7.72. The third-order valence-electron chi connectivity index (χ3n) is 3.22. The molecule has 0 heterocycles. The van der Waals surface area contributed by atoms with Crippen molar-refractivity contribution in [2.24, 2.45) is 5.92 Å². The summed E-state index contributed by atoms with van der Waals surface area (Å²) < 4.78 is 0. The quantitative estimate of drug-likeness (QED) is 0.717. The van der Waals surface area contributed by atoms with Crippen LogP contribution < -0.4 is 10.6 Å². The van der Waals surface area contributed by atoms with Gasteiger partial charge in [-0.05, 0) is 31.4 Å². The minimum Gasteiger partial charge on any atom is -0.393 e. The largest absolute Gasteiger partial charge is 0.393 e. The highest BCUT2D eigenvalue weighted by atomic mass is 35.5. The van der Waals surface area contributed by atoms with Crippen molar-refractivity contribution >= 4 is 23.4 Å². The molecule has 3 N–H and O–H groups in total. The second-order valence-corrected chi connectivity index (χ2v) is 6.01. The van der Waals surface area contributed by atoms with Crippen LogP contribution in [0.15, 0.2) is 24.3 Å². The number of rotatable bonds is 7. The van der Waals surface area contributed by atoms with Gasteiger partial charge in [0.1, 0.15) is 6.04 Å². The molecule has 1 aromatic rings. The molecular formula is C16H23ClN2O3. The Morgan fingerprint density at radius 2 is 1.86 bits per heavy atom. The van der Waals surface area contributed by atoms with Crippen LogP contribution in [0.2, 0.25) is 5.02 Å². The zero-order valence-corrected chi connectivity index (χ0v) is 13.9. The summed E-state index contributed by atoms with van der Waals surface area (Å²) in [7, 11) is 0. The van der Waals surface area contributed by atoms with Crippen molar-refractivity contribution in [3.8, 4) is 0 Å². The Hall–Kier alpha value is -1.59. The SMILES string of the molecule is CC(O)CCNC(=O)C(NC(=O)c1ccccc1Cl)C(C)C. The molecule has 2 unspecified atom stereocenters. The van der Waals surface area contributed by atoms with Gasteiger partial charge in [0.2, 0.25) is 5.91 Å². The fourth-order valence-electron chi connectivity index (χ4n) is 1.91. The molecule has 0 radical (unpaired) electrons. The van der Waals surface area contributed by atoms with Gasteiger partial charge in [0.15, 0.2) is 0 Å². The maximum absolute atomic E-state index is 12.3. The van der Waals surface area contributed by atoms with E-state index in [9.17, 15) is 14.7 Å². The van der Waals surface area contributed by atoms with Crippen molar-refractivity contribution in [3.05, 3.63) is 34.9 Å². The van der Waals surface area contributed by atoms with E-state index in [2.05, 4.69) is 10.6 Å². The maximum atomic E-state index is 12.3. The van der Waals surface area contributed by atoms with Crippen molar-refractivity contribution in [1.29, 1.82) is 0 Å². The predicted molar refractivity (Wildman–Crippen MR) is 86.9 cm³/mol. The molecule has 0 bridgehead atoms. The smallest absolute Gasteiger partial charge is 0.253 e. The third kappa shape index (κ3) is 5.66. The fraction of sp³-hybridized carbons (Fsp3) is 0.500. The molecule has 1 rings (SSSR count). The number of benzene rings is 1. The first-order valence-electron chi connectivity index (χ1n) is 7.34. The van der Waals surface area contributed by atoms with Gasteiger partial charge in [-0.3, -0.25) is 9.59 Å². The first-order chi connectivity index (χ1) is 10.3. The summed E-state index contributed by atoms with van der Waals surface area (Å²) >= 11 is 5.99. The lowest BCUT2D eigenvalue weighted by Gasteiger charge is -2.22. The van der Waals surface area contributed by atoms with Crippen LogP contribution >= 0.6 is 11.6 Å². The van der Waals surface area contributed by atoms with Gasteiger partial charge >= 0.3 is 0 Å². The van der Waals surface area contributed by atoms with E-state index in [1.807, 2.05) is 13.8 Å². The first kappa shape index (κ1) is 18.5. The van der Waals surface area contributed by atoms with Gasteiger partial charge in [0.25, 0.3) is 5.91 Å². The second-order valence-electron chi connectivity index (χ2n) is 5.60. The molecule has 0 aliphatic rings. The summed E-state index contributed by atoms with van der Waals surface area (Å²) in [6.07, 6.45) is -0.00910. The molecule has 1 aromatic carbocycles. The molecule has 0 saturated carbocycles. The lowest BCUT2D eigenvalue weighted by Crippen LogP contribution is -2.50. The van der Waals surface area contributed by atoms with Crippen molar-refractivity contribution in [3.63, 3.8) is 0 Å². The number of hydrogen-bond donors (Lipinski definition) is 3. The average molecular weight is 327 g/mol. The van der Waals surface area contributed by atoms with E-state index in [1.54, 1.807) is 31.2 Å². The lowest BCUT2D eigenvalue weighted by atomic mass is 10.0. The van der Waals surface area contributed by atoms with Crippen LogP contribution in [-0.2, 0) is 4.79 Å². The van der Waals surface area contributed by atoms with Crippen LogP contribution in [0.4, 0.5) is 0 Å². The Morgan fingerprint density at radius 3 is 2.41 bits per heavy atom. The number of halogens is 1. The van der Waals surface area contributed by atoms with Gasteiger partial charge < -0.3 is 15.7 Å². The van der Waals surface area contributed by atoms with E-state index in [4.69, 9.17) is 11.6 Å². The van der Waals surface area contributed by atoms with E-state index >= 15 is 0 Å². The molecule has 0 aliphatic carbocycles. The molecule has 6 heteroatoms. The van der Waals surface area contributed by atoms with Gasteiger partial charge in [0, 0.05) is 6.54 Å². The maximum Gasteiger partial charge on any atom is 0.253 e. The standard InChI is InChI=1S/C16H23ClN2O3/c1-10(2)14(16(22)18-9-8-11(3)20)19-15(21)12-6-4-5-7-13(12)17/h4-7,10-11,14,20H,8-9H2,1-3H3,(H,18,22)(H,19,21). The molecule has 22 heavy (non-hydrogen) atoms. The number of amides is 2. The van der Waals surface area contributed by atoms with E-state index in [-0.39, 0.29) is 17.7 Å². The predicted octanol–water partition coefficient (Wildman–Crippen LogP) is 1.98. The molecule has 0 aromatic heterocycles. The summed E-state index contributed by atoms with van der Waals surface area (Å²) in [5.41, 5.74) is 0.339. The van der Waals surface area contributed by atoms with Crippen LogP contribution in [0.1, 0.15) is 37.6 Å². The monoisotopic (exact) mass is 326 g/mol. The van der Waals surface area contributed by atoms with Crippen LogP contribution in [0.5, 0.6) is 0 Å². The van der Waals surface area contributed by atoms with Crippen molar-refractivity contribution < 1.29 is 14.7 Å². The van der Waals surface area contributed by atoms with E-state index < -0.39 is 12.1 Å². The summed E-state index contributed by atoms with van der Waals surface area (Å²) in [5, 5.41) is 15.0. The minimum atomic E-state index is -0.655. The molecule has 2 atom stereocenters. The van der Waals surface area contributed by atoms with Crippen LogP contribution in [0.25, 0.3) is 0 Å². The van der Waals surface area contributed by atoms with Crippen molar-refractivity contribution in [1.82, 2.24) is 10.6 Å². The second kappa shape index (κ2) is 8.76. The van der Waals surface area contributed by atoms with E-state index in [1.165, 1.54) is 0 Å². The van der Waals surface area contributed by atoms with Crippen molar-refractivity contribution in [2.75, 3.05) is 6.54 Å². The molecule has 0 fully saturated rings. The third-order valence-corrected chi connectivity index (χ3v) is 3.55. The Kier molecular flexibility index (Phi) is 7.35. The topological polar surface area (TPSA) is 78.4 Å². The average Bonchev–Trinajstić information content (AvgIpc) is 2.44. The Labute approximate surface area is 136 Å². The molecule has 122 valence electrons. The van der Waals surface area contributed by atoms with Crippen molar-refractivity contribution in [2.45, 2.75) is 39.3 Å². The lowest BCUT2D eigenvalue weighted by molar-refractivity contribution is -0.124. The molecule has 2 amide bonds. The number of aliphatic hydroxyl groups is 1. The molecule has 5 nitrogen and oxygen atoms in total. The van der Waals surface area contributed by atoms with E-state index in [0.717, 1.165) is 0 Å². The number of carbonyl (C=O) groups is 2. The summed E-state index contributed by atoms with van der Waals surface area (Å²) in [6, 6.07) is 6.04. The normalized spacial score (nSPS) is 13.5. The number of nitrogens with one attached hydrogen (secondary N) is 2. The summed E-state index contributed by atoms with van der Waals surface area (Å²) in [4.78, 5) is 24.4. The van der Waals surface area contributed by atoms with E-state index in [0.29, 0.717) is 23.6 Å². The highest BCUT2D eigenvalue weighted by molar-refractivity contribution is 6.33. The molecule has 0 aliphatic heterocycles. The van der Waals surface area contributed by atoms with Gasteiger partial charge in [-0.2, -0.15) is 0 Å². The number of hydrogen-bond acceptors (Lipinski definition) is 3.